The van der Waals surface area contributed by atoms with Gasteiger partial charge in [-0.2, -0.15) is 0 Å². The van der Waals surface area contributed by atoms with Crippen molar-refractivity contribution in [2.75, 3.05) is 0 Å². The Morgan fingerprint density at radius 2 is 1.54 bits per heavy atom. The number of nitrogens with zero attached hydrogens (tertiary/aromatic N) is 2. The van der Waals surface area contributed by atoms with Gasteiger partial charge in [-0.3, -0.25) is 4.79 Å². The molecule has 12 heteroatoms. The van der Waals surface area contributed by atoms with Crippen LogP contribution in [0.5, 0.6) is 0 Å². The third-order valence-corrected chi connectivity index (χ3v) is 5.28. The van der Waals surface area contributed by atoms with E-state index in [1.165, 1.54) is 12.5 Å². The van der Waals surface area contributed by atoms with E-state index in [1.807, 2.05) is 34.9 Å². The molecule has 2 heterocycles. The molecule has 0 saturated heterocycles. The summed E-state index contributed by atoms with van der Waals surface area (Å²) in [7, 11) is 0. The summed E-state index contributed by atoms with van der Waals surface area (Å²) < 4.78 is 7.41. The highest BCUT2D eigenvalue weighted by Gasteiger charge is 2.21. The van der Waals surface area contributed by atoms with E-state index < -0.39 is 12.2 Å². The highest BCUT2D eigenvalue weighted by Crippen LogP contribution is 2.30. The molecule has 0 aliphatic heterocycles. The van der Waals surface area contributed by atoms with E-state index in [2.05, 4.69) is 15.6 Å². The van der Waals surface area contributed by atoms with Gasteiger partial charge in [0.1, 0.15) is 12.0 Å². The van der Waals surface area contributed by atoms with Gasteiger partial charge in [0.25, 0.3) is 0 Å². The van der Waals surface area contributed by atoms with E-state index in [0.717, 1.165) is 5.69 Å². The standard InChI is InChI=1S/C19H14ClN3O2.2C5H11NO2/c20-12-6-7-14-16(10-12)23(13-4-2-1-3-5-13)17(15(11-21)18(14)24)19-22-8-9-25-19;2*1-5(2,3)6-4(7)8/h1-10H,11,21H2;2*6H,1-3H3,(H,7,8). The summed E-state index contributed by atoms with van der Waals surface area (Å²) in [5, 5.41) is 22.0. The Kier molecular flexibility index (Phi) is 11.1. The zero-order valence-electron chi connectivity index (χ0n) is 23.9. The number of fused-ring (bicyclic) bond motifs is 1. The fourth-order valence-electron chi connectivity index (χ4n) is 3.65. The van der Waals surface area contributed by atoms with Crippen LogP contribution >= 0.6 is 11.6 Å². The largest absolute Gasteiger partial charge is 0.465 e. The topological polar surface area (TPSA) is 173 Å². The van der Waals surface area contributed by atoms with Crippen LogP contribution in [-0.2, 0) is 6.54 Å². The maximum Gasteiger partial charge on any atom is 0.405 e. The monoisotopic (exact) mass is 585 g/mol. The quantitative estimate of drug-likeness (QED) is 0.199. The number of nitrogens with two attached hydrogens (primary N) is 1. The number of carbonyl (C=O) groups is 2. The van der Waals surface area contributed by atoms with Gasteiger partial charge in [-0.15, -0.1) is 0 Å². The smallest absolute Gasteiger partial charge is 0.405 e. The number of benzene rings is 2. The van der Waals surface area contributed by atoms with Crippen molar-refractivity contribution in [2.45, 2.75) is 59.2 Å². The molecule has 4 rings (SSSR count). The molecule has 0 spiro atoms. The van der Waals surface area contributed by atoms with E-state index in [1.54, 1.807) is 59.7 Å². The van der Waals surface area contributed by atoms with Gasteiger partial charge >= 0.3 is 12.2 Å². The van der Waals surface area contributed by atoms with Crippen LogP contribution in [0.4, 0.5) is 9.59 Å². The molecule has 0 radical (unpaired) electrons. The average molecular weight is 586 g/mol. The molecule has 2 aromatic heterocycles. The van der Waals surface area contributed by atoms with E-state index >= 15 is 0 Å². The molecule has 11 nitrogen and oxygen atoms in total. The number of para-hydroxylation sites is 1. The Bertz CT molecular complexity index is 1500. The van der Waals surface area contributed by atoms with Gasteiger partial charge in [0.05, 0.1) is 11.7 Å². The van der Waals surface area contributed by atoms with Crippen LogP contribution in [0.2, 0.25) is 5.02 Å². The predicted octanol–water partition coefficient (Wildman–Crippen LogP) is 5.86. The van der Waals surface area contributed by atoms with Gasteiger partial charge in [0.2, 0.25) is 5.89 Å². The lowest BCUT2D eigenvalue weighted by Gasteiger charge is -2.18. The molecule has 0 bridgehead atoms. The fraction of sp³-hybridized carbons (Fsp3) is 0.310. The zero-order chi connectivity index (χ0) is 31.0. The molecular weight excluding hydrogens is 550 g/mol. The van der Waals surface area contributed by atoms with E-state index in [0.29, 0.717) is 33.1 Å². The second-order valence-electron chi connectivity index (χ2n) is 10.9. The van der Waals surface area contributed by atoms with Gasteiger partial charge in [-0.1, -0.05) is 29.8 Å². The molecule has 0 aliphatic carbocycles. The first kappa shape index (κ1) is 32.9. The number of halogens is 1. The van der Waals surface area contributed by atoms with Crippen molar-refractivity contribution in [3.05, 3.63) is 81.8 Å². The van der Waals surface area contributed by atoms with Gasteiger partial charge in [-0.05, 0) is 71.9 Å². The molecule has 0 fully saturated rings. The first-order valence-corrected chi connectivity index (χ1v) is 13.0. The van der Waals surface area contributed by atoms with Crippen molar-refractivity contribution in [1.29, 1.82) is 0 Å². The lowest BCUT2D eigenvalue weighted by atomic mass is 10.1. The molecule has 0 unspecified atom stereocenters. The Hall–Kier alpha value is -4.35. The minimum absolute atomic E-state index is 0.0714. The normalized spacial score (nSPS) is 11.0. The predicted molar refractivity (Wildman–Crippen MR) is 160 cm³/mol. The lowest BCUT2D eigenvalue weighted by molar-refractivity contribution is 0.183. The fourth-order valence-corrected chi connectivity index (χ4v) is 3.81. The van der Waals surface area contributed by atoms with Crippen LogP contribution in [-0.4, -0.2) is 43.0 Å². The van der Waals surface area contributed by atoms with E-state index in [4.69, 9.17) is 32.0 Å². The number of hydrogen-bond acceptors (Lipinski definition) is 6. The molecule has 0 aliphatic rings. The van der Waals surface area contributed by atoms with Crippen LogP contribution in [0.3, 0.4) is 0 Å². The van der Waals surface area contributed by atoms with Gasteiger partial charge < -0.3 is 35.6 Å². The third-order valence-electron chi connectivity index (χ3n) is 5.05. The number of hydrogen-bond donors (Lipinski definition) is 5. The summed E-state index contributed by atoms with van der Waals surface area (Å²) in [6.45, 7) is 10.8. The highest BCUT2D eigenvalue weighted by molar-refractivity contribution is 6.31. The number of rotatable bonds is 3. The second-order valence-corrected chi connectivity index (χ2v) is 11.3. The Labute approximate surface area is 243 Å². The molecule has 0 saturated carbocycles. The number of oxazole rings is 1. The summed E-state index contributed by atoms with van der Waals surface area (Å²) in [5.74, 6) is 0.336. The molecule has 4 aromatic rings. The Morgan fingerprint density at radius 1 is 0.976 bits per heavy atom. The van der Waals surface area contributed by atoms with Crippen molar-refractivity contribution in [3.63, 3.8) is 0 Å². The number of nitrogens with one attached hydrogen (secondary N) is 2. The van der Waals surface area contributed by atoms with Crippen molar-refractivity contribution >= 4 is 34.7 Å². The van der Waals surface area contributed by atoms with Crippen LogP contribution in [0.15, 0.2) is 70.2 Å². The van der Waals surface area contributed by atoms with Crippen LogP contribution in [0.25, 0.3) is 28.2 Å². The van der Waals surface area contributed by atoms with E-state index in [9.17, 15) is 14.4 Å². The summed E-state index contributed by atoms with van der Waals surface area (Å²) in [5.41, 5.74) is 7.64. The molecular formula is C29H36ClN5O6. The van der Waals surface area contributed by atoms with Gasteiger partial charge in [0.15, 0.2) is 5.43 Å². The molecule has 2 aromatic carbocycles. The minimum atomic E-state index is -0.975. The zero-order valence-corrected chi connectivity index (χ0v) is 24.6. The molecule has 0 atom stereocenters. The van der Waals surface area contributed by atoms with Crippen LogP contribution in [0.1, 0.15) is 47.1 Å². The van der Waals surface area contributed by atoms with E-state index in [-0.39, 0.29) is 23.1 Å². The minimum Gasteiger partial charge on any atom is -0.465 e. The van der Waals surface area contributed by atoms with Crippen molar-refractivity contribution in [2.24, 2.45) is 5.73 Å². The van der Waals surface area contributed by atoms with Crippen molar-refractivity contribution in [3.8, 4) is 17.3 Å². The summed E-state index contributed by atoms with van der Waals surface area (Å²) in [4.78, 5) is 37.0. The summed E-state index contributed by atoms with van der Waals surface area (Å²) in [6, 6.07) is 14.8. The molecule has 2 amide bonds. The number of carboxylic acid groups (broad SMARTS) is 2. The molecule has 220 valence electrons. The van der Waals surface area contributed by atoms with Crippen molar-refractivity contribution in [1.82, 2.24) is 20.2 Å². The second kappa shape index (κ2) is 13.8. The first-order chi connectivity index (χ1) is 19.0. The average Bonchev–Trinajstić information content (AvgIpc) is 3.36. The third kappa shape index (κ3) is 9.96. The van der Waals surface area contributed by atoms with Crippen LogP contribution < -0.4 is 21.8 Å². The van der Waals surface area contributed by atoms with Crippen LogP contribution in [0, 0.1) is 0 Å². The molecule has 6 N–H and O–H groups in total. The Morgan fingerprint density at radius 3 is 1.95 bits per heavy atom. The number of amides is 2. The maximum atomic E-state index is 13.0. The number of pyridine rings is 1. The highest BCUT2D eigenvalue weighted by atomic mass is 35.5. The maximum absolute atomic E-state index is 13.0. The van der Waals surface area contributed by atoms with Gasteiger partial charge in [0, 0.05) is 39.3 Å². The summed E-state index contributed by atoms with van der Waals surface area (Å²) >= 11 is 6.20. The first-order valence-electron chi connectivity index (χ1n) is 12.6. The molecule has 41 heavy (non-hydrogen) atoms. The number of aromatic nitrogens is 2. The SMILES string of the molecule is CC(C)(C)NC(=O)O.CC(C)(C)NC(=O)O.NCc1c(-c2ncco2)n(-c2ccccc2)c2cc(Cl)ccc2c1=O. The Balaban J connectivity index is 0.000000304. The van der Waals surface area contributed by atoms with Crippen molar-refractivity contribution < 1.29 is 24.2 Å². The van der Waals surface area contributed by atoms with Gasteiger partial charge in [-0.25, -0.2) is 14.6 Å². The summed E-state index contributed by atoms with van der Waals surface area (Å²) in [6.07, 6.45) is 1.06. The lowest BCUT2D eigenvalue weighted by Crippen LogP contribution is -2.39.